The molecule has 0 atom stereocenters. The van der Waals surface area contributed by atoms with Gasteiger partial charge in [-0.1, -0.05) is 0 Å². The van der Waals surface area contributed by atoms with E-state index in [-0.39, 0.29) is 11.6 Å². The molecule has 7 nitrogen and oxygen atoms in total. The Labute approximate surface area is 121 Å². The molecule has 0 aliphatic rings. The van der Waals surface area contributed by atoms with E-state index in [1.165, 1.54) is 10.9 Å². The van der Waals surface area contributed by atoms with Crippen molar-refractivity contribution in [1.82, 2.24) is 9.78 Å². The Kier molecular flexibility index (Phi) is 4.22. The Morgan fingerprint density at radius 3 is 2.52 bits per heavy atom. The molecule has 1 aromatic carbocycles. The molecule has 0 fully saturated rings. The number of nitrogens with zero attached hydrogens (tertiary/aromatic N) is 2. The number of ether oxygens (including phenoxy) is 1. The zero-order valence-corrected chi connectivity index (χ0v) is 11.8. The molecular weight excluding hydrogens is 272 g/mol. The Bertz CT molecular complexity index is 642. The second kappa shape index (κ2) is 6.08. The number of amides is 1. The number of carbonyl (C=O) groups excluding carboxylic acids is 2. The van der Waals surface area contributed by atoms with E-state index in [1.807, 2.05) is 0 Å². The minimum atomic E-state index is -0.397. The van der Waals surface area contributed by atoms with E-state index < -0.39 is 5.97 Å². The number of aromatic nitrogens is 2. The predicted molar refractivity (Wildman–Crippen MR) is 78.0 cm³/mol. The number of rotatable bonds is 4. The number of carbonyl (C=O) groups is 2. The van der Waals surface area contributed by atoms with Crippen LogP contribution in [0.25, 0.3) is 0 Å². The van der Waals surface area contributed by atoms with Crippen molar-refractivity contribution in [3.05, 3.63) is 41.7 Å². The third kappa shape index (κ3) is 3.19. The van der Waals surface area contributed by atoms with Gasteiger partial charge in [0.1, 0.15) is 5.69 Å². The number of hydrogen-bond donors (Lipinski definition) is 2. The molecule has 1 heterocycles. The molecule has 110 valence electrons. The van der Waals surface area contributed by atoms with Crippen LogP contribution in [0.5, 0.6) is 0 Å². The highest BCUT2D eigenvalue weighted by Crippen LogP contribution is 2.15. The monoisotopic (exact) mass is 288 g/mol. The average Bonchev–Trinajstić information content (AvgIpc) is 2.79. The molecule has 0 saturated heterocycles. The molecule has 2 aromatic rings. The number of esters is 1. The summed E-state index contributed by atoms with van der Waals surface area (Å²) >= 11 is 0. The number of nitrogens with one attached hydrogen (secondary N) is 1. The van der Waals surface area contributed by atoms with E-state index in [4.69, 9.17) is 10.5 Å². The van der Waals surface area contributed by atoms with Crippen LogP contribution in [-0.2, 0) is 11.8 Å². The molecule has 0 saturated carbocycles. The SMILES string of the molecule is CCOC(=O)c1ccc(NC(=O)c2c(N)cnn2C)cc1. The number of benzene rings is 1. The number of aryl methyl sites for hydroxylation is 1. The maximum Gasteiger partial charge on any atom is 0.338 e. The van der Waals surface area contributed by atoms with E-state index >= 15 is 0 Å². The minimum Gasteiger partial charge on any atom is -0.462 e. The first-order valence-corrected chi connectivity index (χ1v) is 6.39. The summed E-state index contributed by atoms with van der Waals surface area (Å²) in [6.45, 7) is 2.06. The van der Waals surface area contributed by atoms with Crippen molar-refractivity contribution < 1.29 is 14.3 Å². The third-order valence-corrected chi connectivity index (χ3v) is 2.84. The van der Waals surface area contributed by atoms with Crippen LogP contribution in [0.4, 0.5) is 11.4 Å². The van der Waals surface area contributed by atoms with Crippen LogP contribution in [-0.4, -0.2) is 28.3 Å². The van der Waals surface area contributed by atoms with Crippen molar-refractivity contribution in [1.29, 1.82) is 0 Å². The number of anilines is 2. The third-order valence-electron chi connectivity index (χ3n) is 2.84. The smallest absolute Gasteiger partial charge is 0.338 e. The molecule has 0 aliphatic carbocycles. The van der Waals surface area contributed by atoms with Gasteiger partial charge in [-0.25, -0.2) is 4.79 Å². The fourth-order valence-corrected chi connectivity index (χ4v) is 1.83. The molecule has 0 bridgehead atoms. The minimum absolute atomic E-state index is 0.282. The number of hydrogen-bond acceptors (Lipinski definition) is 5. The van der Waals surface area contributed by atoms with E-state index in [0.29, 0.717) is 23.5 Å². The molecule has 0 radical (unpaired) electrons. The highest BCUT2D eigenvalue weighted by atomic mass is 16.5. The molecule has 1 aromatic heterocycles. The number of nitrogens with two attached hydrogens (primary N) is 1. The van der Waals surface area contributed by atoms with Crippen LogP contribution < -0.4 is 11.1 Å². The van der Waals surface area contributed by atoms with Gasteiger partial charge in [0.05, 0.1) is 24.1 Å². The van der Waals surface area contributed by atoms with Crippen molar-refractivity contribution in [3.8, 4) is 0 Å². The molecule has 0 spiro atoms. The number of nitrogen functional groups attached to an aromatic ring is 1. The van der Waals surface area contributed by atoms with Crippen molar-refractivity contribution in [2.45, 2.75) is 6.92 Å². The lowest BCUT2D eigenvalue weighted by Crippen LogP contribution is -2.17. The van der Waals surface area contributed by atoms with Gasteiger partial charge in [-0.05, 0) is 31.2 Å². The summed E-state index contributed by atoms with van der Waals surface area (Å²) in [6.07, 6.45) is 1.42. The topological polar surface area (TPSA) is 99.2 Å². The van der Waals surface area contributed by atoms with Crippen LogP contribution in [0.3, 0.4) is 0 Å². The summed E-state index contributed by atoms with van der Waals surface area (Å²) in [5, 5.41) is 6.60. The summed E-state index contributed by atoms with van der Waals surface area (Å²) in [6, 6.07) is 6.41. The Balaban J connectivity index is 2.10. The molecule has 0 unspecified atom stereocenters. The second-order valence-corrected chi connectivity index (χ2v) is 4.32. The van der Waals surface area contributed by atoms with Gasteiger partial charge in [-0.2, -0.15) is 5.10 Å². The zero-order valence-electron chi connectivity index (χ0n) is 11.8. The maximum atomic E-state index is 12.1. The van der Waals surface area contributed by atoms with Gasteiger partial charge in [0.25, 0.3) is 5.91 Å². The second-order valence-electron chi connectivity index (χ2n) is 4.32. The quantitative estimate of drug-likeness (QED) is 0.829. The van der Waals surface area contributed by atoms with Crippen molar-refractivity contribution in [3.63, 3.8) is 0 Å². The summed E-state index contributed by atoms with van der Waals surface area (Å²) < 4.78 is 6.29. The maximum absolute atomic E-state index is 12.1. The van der Waals surface area contributed by atoms with E-state index in [0.717, 1.165) is 0 Å². The zero-order chi connectivity index (χ0) is 15.4. The van der Waals surface area contributed by atoms with E-state index in [2.05, 4.69) is 10.4 Å². The summed E-state index contributed by atoms with van der Waals surface area (Å²) in [4.78, 5) is 23.6. The summed E-state index contributed by atoms with van der Waals surface area (Å²) in [5.41, 5.74) is 7.25. The molecule has 21 heavy (non-hydrogen) atoms. The van der Waals surface area contributed by atoms with Crippen molar-refractivity contribution in [2.24, 2.45) is 7.05 Å². The van der Waals surface area contributed by atoms with Crippen LogP contribution in [0.1, 0.15) is 27.8 Å². The molecule has 1 amide bonds. The van der Waals surface area contributed by atoms with E-state index in [9.17, 15) is 9.59 Å². The molecule has 3 N–H and O–H groups in total. The van der Waals surface area contributed by atoms with Crippen LogP contribution >= 0.6 is 0 Å². The van der Waals surface area contributed by atoms with Crippen LogP contribution in [0, 0.1) is 0 Å². The van der Waals surface area contributed by atoms with Crippen molar-refractivity contribution >= 4 is 23.3 Å². The van der Waals surface area contributed by atoms with Crippen LogP contribution in [0.2, 0.25) is 0 Å². The van der Waals surface area contributed by atoms with Gasteiger partial charge in [0.2, 0.25) is 0 Å². The Hall–Kier alpha value is -2.83. The first-order chi connectivity index (χ1) is 10.0. The van der Waals surface area contributed by atoms with Gasteiger partial charge in [0.15, 0.2) is 0 Å². The van der Waals surface area contributed by atoms with Gasteiger partial charge in [0, 0.05) is 12.7 Å². The highest BCUT2D eigenvalue weighted by molar-refractivity contribution is 6.06. The molecule has 7 heteroatoms. The van der Waals surface area contributed by atoms with E-state index in [1.54, 1.807) is 38.2 Å². The average molecular weight is 288 g/mol. The normalized spacial score (nSPS) is 10.2. The lowest BCUT2D eigenvalue weighted by Gasteiger charge is -2.07. The lowest BCUT2D eigenvalue weighted by molar-refractivity contribution is 0.0526. The predicted octanol–water partition coefficient (Wildman–Crippen LogP) is 1.43. The first-order valence-electron chi connectivity index (χ1n) is 6.39. The Morgan fingerprint density at radius 2 is 2.00 bits per heavy atom. The fourth-order valence-electron chi connectivity index (χ4n) is 1.83. The van der Waals surface area contributed by atoms with Gasteiger partial charge in [-0.3, -0.25) is 9.48 Å². The standard InChI is InChI=1S/C14H16N4O3/c1-3-21-14(20)9-4-6-10(7-5-9)17-13(19)12-11(15)8-16-18(12)2/h4-8H,3,15H2,1-2H3,(H,17,19). The summed E-state index contributed by atoms with van der Waals surface area (Å²) in [7, 11) is 1.63. The fraction of sp³-hybridized carbons (Fsp3) is 0.214. The largest absolute Gasteiger partial charge is 0.462 e. The van der Waals surface area contributed by atoms with Crippen LogP contribution in [0.15, 0.2) is 30.5 Å². The lowest BCUT2D eigenvalue weighted by atomic mass is 10.2. The van der Waals surface area contributed by atoms with Gasteiger partial charge < -0.3 is 15.8 Å². The van der Waals surface area contributed by atoms with Gasteiger partial charge >= 0.3 is 5.97 Å². The summed E-state index contributed by atoms with van der Waals surface area (Å²) in [5.74, 6) is -0.761. The Morgan fingerprint density at radius 1 is 1.33 bits per heavy atom. The molecular formula is C14H16N4O3. The van der Waals surface area contributed by atoms with Crippen molar-refractivity contribution in [2.75, 3.05) is 17.7 Å². The first kappa shape index (κ1) is 14.6. The highest BCUT2D eigenvalue weighted by Gasteiger charge is 2.15. The van der Waals surface area contributed by atoms with Gasteiger partial charge in [-0.15, -0.1) is 0 Å². The molecule has 0 aliphatic heterocycles. The molecule has 2 rings (SSSR count).